The minimum Gasteiger partial charge on any atom is -0.340 e. The van der Waals surface area contributed by atoms with Gasteiger partial charge in [-0.25, -0.2) is 4.98 Å². The van der Waals surface area contributed by atoms with E-state index in [4.69, 9.17) is 11.6 Å². The summed E-state index contributed by atoms with van der Waals surface area (Å²) in [5.41, 5.74) is 2.07. The average molecular weight is 263 g/mol. The van der Waals surface area contributed by atoms with Gasteiger partial charge in [0.1, 0.15) is 11.0 Å². The molecule has 0 amide bonds. The van der Waals surface area contributed by atoms with Crippen LogP contribution in [0.1, 0.15) is 25.8 Å². The Morgan fingerprint density at radius 3 is 2.89 bits per heavy atom. The lowest BCUT2D eigenvalue weighted by molar-refractivity contribution is 0.915. The van der Waals surface area contributed by atoms with Gasteiger partial charge < -0.3 is 5.32 Å². The number of nitrogens with one attached hydrogen (secondary N) is 1. The van der Waals surface area contributed by atoms with Crippen LogP contribution in [-0.4, -0.2) is 4.98 Å². The molecule has 0 saturated carbocycles. The third kappa shape index (κ3) is 4.38. The van der Waals surface area contributed by atoms with Crippen molar-refractivity contribution in [3.8, 4) is 0 Å². The van der Waals surface area contributed by atoms with E-state index in [0.717, 1.165) is 29.9 Å². The molecule has 0 radical (unpaired) electrons. The summed E-state index contributed by atoms with van der Waals surface area (Å²) >= 11 is 5.94. The van der Waals surface area contributed by atoms with E-state index in [9.17, 15) is 0 Å². The monoisotopic (exact) mass is 262 g/mol. The second-order valence-corrected chi connectivity index (χ2v) is 4.26. The van der Waals surface area contributed by atoms with Crippen LogP contribution in [0.5, 0.6) is 0 Å². The number of hydrogen-bond donors (Lipinski definition) is 1. The number of aromatic nitrogens is 1. The maximum absolute atomic E-state index is 5.94. The van der Waals surface area contributed by atoms with Gasteiger partial charge in [0.2, 0.25) is 0 Å². The number of pyridine rings is 1. The predicted molar refractivity (Wildman–Crippen MR) is 80.0 cm³/mol. The maximum Gasteiger partial charge on any atom is 0.135 e. The first-order chi connectivity index (χ1) is 8.71. The molecule has 0 spiro atoms. The number of rotatable bonds is 6. The first-order valence-corrected chi connectivity index (χ1v) is 6.47. The first kappa shape index (κ1) is 14.5. The van der Waals surface area contributed by atoms with E-state index < -0.39 is 0 Å². The normalized spacial score (nSPS) is 11.8. The summed E-state index contributed by atoms with van der Waals surface area (Å²) in [6.45, 7) is 7.89. The third-order valence-corrected chi connectivity index (χ3v) is 2.63. The van der Waals surface area contributed by atoms with E-state index in [2.05, 4.69) is 23.8 Å². The highest BCUT2D eigenvalue weighted by Crippen LogP contribution is 2.20. The molecule has 3 heteroatoms. The molecule has 1 heterocycles. The van der Waals surface area contributed by atoms with Crippen LogP contribution in [0.2, 0.25) is 5.15 Å². The molecule has 18 heavy (non-hydrogen) atoms. The summed E-state index contributed by atoms with van der Waals surface area (Å²) < 4.78 is 0. The molecule has 0 aliphatic rings. The van der Waals surface area contributed by atoms with Crippen LogP contribution in [-0.2, 0) is 6.42 Å². The SMILES string of the molecule is C=C/C(=C\C=C/C)Nc1nc(Cl)ccc1CCC. The Morgan fingerprint density at radius 2 is 2.28 bits per heavy atom. The van der Waals surface area contributed by atoms with Crippen molar-refractivity contribution in [2.75, 3.05) is 5.32 Å². The molecular weight excluding hydrogens is 244 g/mol. The molecule has 0 bridgehead atoms. The lowest BCUT2D eigenvalue weighted by Crippen LogP contribution is -2.03. The fourth-order valence-electron chi connectivity index (χ4n) is 1.54. The van der Waals surface area contributed by atoms with Crippen LogP contribution in [0, 0.1) is 0 Å². The second-order valence-electron chi connectivity index (χ2n) is 3.87. The van der Waals surface area contributed by atoms with Crippen LogP contribution in [0.3, 0.4) is 0 Å². The van der Waals surface area contributed by atoms with Gasteiger partial charge in [0.15, 0.2) is 0 Å². The van der Waals surface area contributed by atoms with Gasteiger partial charge in [0.25, 0.3) is 0 Å². The zero-order valence-corrected chi connectivity index (χ0v) is 11.7. The lowest BCUT2D eigenvalue weighted by atomic mass is 10.1. The molecule has 2 nitrogen and oxygen atoms in total. The van der Waals surface area contributed by atoms with Crippen molar-refractivity contribution >= 4 is 17.4 Å². The van der Waals surface area contributed by atoms with Gasteiger partial charge in [0, 0.05) is 5.70 Å². The number of halogens is 1. The highest BCUT2D eigenvalue weighted by atomic mass is 35.5. The Balaban J connectivity index is 3.00. The van der Waals surface area contributed by atoms with E-state index in [1.54, 1.807) is 6.08 Å². The molecular formula is C15H19ClN2. The van der Waals surface area contributed by atoms with Gasteiger partial charge in [-0.15, -0.1) is 0 Å². The quantitative estimate of drug-likeness (QED) is 0.591. The number of aryl methyl sites for hydroxylation is 1. The Morgan fingerprint density at radius 1 is 1.50 bits per heavy atom. The Hall–Kier alpha value is -1.54. The van der Waals surface area contributed by atoms with Crippen molar-refractivity contribution in [3.63, 3.8) is 0 Å². The molecule has 0 aromatic carbocycles. The number of hydrogen-bond acceptors (Lipinski definition) is 2. The Bertz CT molecular complexity index is 462. The summed E-state index contributed by atoms with van der Waals surface area (Å²) in [5.74, 6) is 0.806. The maximum atomic E-state index is 5.94. The Labute approximate surface area is 114 Å². The van der Waals surface area contributed by atoms with E-state index in [0.29, 0.717) is 5.15 Å². The minimum atomic E-state index is 0.492. The van der Waals surface area contributed by atoms with Crippen LogP contribution >= 0.6 is 11.6 Å². The van der Waals surface area contributed by atoms with Gasteiger partial charge in [-0.3, -0.25) is 0 Å². The topological polar surface area (TPSA) is 24.9 Å². The molecule has 0 atom stereocenters. The molecule has 0 aliphatic heterocycles. The van der Waals surface area contributed by atoms with E-state index >= 15 is 0 Å². The standard InChI is InChI=1S/C15H19ClN2/c1-4-7-9-13(6-3)17-15-12(8-5-2)10-11-14(16)18-15/h4,6-7,9-11H,3,5,8H2,1-2H3,(H,17,18)/b7-4-,13-9+. The zero-order chi connectivity index (χ0) is 13.4. The van der Waals surface area contributed by atoms with Crippen molar-refractivity contribution in [3.05, 3.63) is 59.4 Å². The van der Waals surface area contributed by atoms with Crippen molar-refractivity contribution in [2.45, 2.75) is 26.7 Å². The summed E-state index contributed by atoms with van der Waals surface area (Å²) in [6.07, 6.45) is 9.67. The molecule has 96 valence electrons. The Kier molecular flexibility index (Phi) is 6.23. The van der Waals surface area contributed by atoms with Crippen molar-refractivity contribution < 1.29 is 0 Å². The van der Waals surface area contributed by atoms with Gasteiger partial charge in [-0.1, -0.05) is 49.7 Å². The summed E-state index contributed by atoms with van der Waals surface area (Å²) in [6, 6.07) is 3.83. The smallest absolute Gasteiger partial charge is 0.135 e. The number of nitrogens with zero attached hydrogens (tertiary/aromatic N) is 1. The van der Waals surface area contributed by atoms with Gasteiger partial charge in [0.05, 0.1) is 0 Å². The van der Waals surface area contributed by atoms with Crippen LogP contribution < -0.4 is 5.32 Å². The van der Waals surface area contributed by atoms with Crippen LogP contribution in [0.25, 0.3) is 0 Å². The van der Waals surface area contributed by atoms with E-state index in [-0.39, 0.29) is 0 Å². The van der Waals surface area contributed by atoms with Gasteiger partial charge >= 0.3 is 0 Å². The summed E-state index contributed by atoms with van der Waals surface area (Å²) in [5, 5.41) is 3.75. The molecule has 0 aliphatic carbocycles. The van der Waals surface area contributed by atoms with Gasteiger partial charge in [-0.2, -0.15) is 0 Å². The van der Waals surface area contributed by atoms with Gasteiger partial charge in [-0.05, 0) is 37.1 Å². The third-order valence-electron chi connectivity index (χ3n) is 2.42. The van der Waals surface area contributed by atoms with Crippen LogP contribution in [0.15, 0.2) is 48.7 Å². The molecule has 1 aromatic rings. The molecule has 0 unspecified atom stereocenters. The molecule has 0 saturated heterocycles. The number of anilines is 1. The van der Waals surface area contributed by atoms with Crippen molar-refractivity contribution in [1.29, 1.82) is 0 Å². The lowest BCUT2D eigenvalue weighted by Gasteiger charge is -2.11. The van der Waals surface area contributed by atoms with Crippen molar-refractivity contribution in [2.24, 2.45) is 0 Å². The minimum absolute atomic E-state index is 0.492. The molecule has 1 aromatic heterocycles. The van der Waals surface area contributed by atoms with Crippen molar-refractivity contribution in [1.82, 2.24) is 4.98 Å². The first-order valence-electron chi connectivity index (χ1n) is 6.09. The largest absolute Gasteiger partial charge is 0.340 e. The fraction of sp³-hybridized carbons (Fsp3) is 0.267. The fourth-order valence-corrected chi connectivity index (χ4v) is 1.69. The number of allylic oxidation sites excluding steroid dienone is 4. The van der Waals surface area contributed by atoms with E-state index in [1.165, 1.54) is 0 Å². The average Bonchev–Trinajstić information content (AvgIpc) is 2.37. The molecule has 1 N–H and O–H groups in total. The van der Waals surface area contributed by atoms with E-state index in [1.807, 2.05) is 37.3 Å². The molecule has 1 rings (SSSR count). The highest BCUT2D eigenvalue weighted by molar-refractivity contribution is 6.29. The summed E-state index contributed by atoms with van der Waals surface area (Å²) in [7, 11) is 0. The predicted octanol–water partition coefficient (Wildman–Crippen LogP) is 4.75. The molecule has 0 fully saturated rings. The van der Waals surface area contributed by atoms with Crippen LogP contribution in [0.4, 0.5) is 5.82 Å². The summed E-state index contributed by atoms with van der Waals surface area (Å²) in [4.78, 5) is 4.33. The zero-order valence-electron chi connectivity index (χ0n) is 10.9. The second kappa shape index (κ2) is 7.72. The highest BCUT2D eigenvalue weighted by Gasteiger charge is 2.05.